The summed E-state index contributed by atoms with van der Waals surface area (Å²) in [5.74, 6) is 0.0561. The summed E-state index contributed by atoms with van der Waals surface area (Å²) >= 11 is 0. The highest BCUT2D eigenvalue weighted by Crippen LogP contribution is 2.05. The van der Waals surface area contributed by atoms with Gasteiger partial charge in [0.2, 0.25) is 10.0 Å². The highest BCUT2D eigenvalue weighted by molar-refractivity contribution is 7.89. The van der Waals surface area contributed by atoms with Gasteiger partial charge >= 0.3 is 0 Å². The summed E-state index contributed by atoms with van der Waals surface area (Å²) in [6.07, 6.45) is 0.475. The third kappa shape index (κ3) is 5.59. The fourth-order valence-corrected chi connectivity index (χ4v) is 2.53. The first-order valence-electron chi connectivity index (χ1n) is 5.72. The molecule has 0 amide bonds. The van der Waals surface area contributed by atoms with Gasteiger partial charge in [0.05, 0.1) is 12.4 Å². The average molecular weight is 273 g/mol. The van der Waals surface area contributed by atoms with E-state index in [0.29, 0.717) is 13.0 Å². The minimum Gasteiger partial charge on any atom is -0.392 e. The van der Waals surface area contributed by atoms with Crippen LogP contribution in [-0.4, -0.2) is 33.0 Å². The van der Waals surface area contributed by atoms with Crippen molar-refractivity contribution in [3.63, 3.8) is 0 Å². The van der Waals surface area contributed by atoms with E-state index in [4.69, 9.17) is 9.84 Å². The van der Waals surface area contributed by atoms with Crippen molar-refractivity contribution in [2.24, 2.45) is 0 Å². The molecule has 0 unspecified atom stereocenters. The number of benzene rings is 1. The Morgan fingerprint density at radius 1 is 1.33 bits per heavy atom. The molecule has 0 aliphatic heterocycles. The Balaban J connectivity index is 2.48. The molecule has 2 N–H and O–H groups in total. The van der Waals surface area contributed by atoms with E-state index in [9.17, 15) is 8.42 Å². The highest BCUT2D eigenvalue weighted by atomic mass is 32.2. The largest absolute Gasteiger partial charge is 0.392 e. The van der Waals surface area contributed by atoms with Gasteiger partial charge in [-0.05, 0) is 17.5 Å². The van der Waals surface area contributed by atoms with Gasteiger partial charge in [0.25, 0.3) is 0 Å². The number of aliphatic hydroxyl groups excluding tert-OH is 1. The minimum absolute atomic E-state index is 0.0472. The Hall–Kier alpha value is -0.950. The number of methoxy groups -OCH3 is 1. The zero-order valence-electron chi connectivity index (χ0n) is 10.4. The lowest BCUT2D eigenvalue weighted by molar-refractivity contribution is 0.199. The fraction of sp³-hybridized carbons (Fsp3) is 0.500. The summed E-state index contributed by atoms with van der Waals surface area (Å²) in [5, 5.41) is 8.98. The van der Waals surface area contributed by atoms with E-state index in [1.807, 2.05) is 6.07 Å². The summed E-state index contributed by atoms with van der Waals surface area (Å²) in [7, 11) is -1.72. The first-order chi connectivity index (χ1) is 8.57. The third-order valence-electron chi connectivity index (χ3n) is 2.43. The van der Waals surface area contributed by atoms with Gasteiger partial charge in [0.1, 0.15) is 0 Å². The molecule has 1 rings (SSSR count). The highest BCUT2D eigenvalue weighted by Gasteiger charge is 2.09. The van der Waals surface area contributed by atoms with E-state index in [-0.39, 0.29) is 18.9 Å². The first-order valence-corrected chi connectivity index (χ1v) is 7.37. The molecule has 0 heterocycles. The van der Waals surface area contributed by atoms with Crippen LogP contribution >= 0.6 is 0 Å². The lowest BCUT2D eigenvalue weighted by atomic mass is 10.1. The first kappa shape index (κ1) is 15.1. The maximum absolute atomic E-state index is 11.6. The maximum atomic E-state index is 11.6. The second-order valence-corrected chi connectivity index (χ2v) is 5.89. The number of hydrogen-bond acceptors (Lipinski definition) is 4. The van der Waals surface area contributed by atoms with Crippen LogP contribution in [0.2, 0.25) is 0 Å². The van der Waals surface area contributed by atoms with Crippen LogP contribution in [0, 0.1) is 0 Å². The van der Waals surface area contributed by atoms with Crippen molar-refractivity contribution < 1.29 is 18.3 Å². The summed E-state index contributed by atoms with van der Waals surface area (Å²) < 4.78 is 30.6. The predicted molar refractivity (Wildman–Crippen MR) is 69.5 cm³/mol. The normalized spacial score (nSPS) is 11.7. The van der Waals surface area contributed by atoms with Crippen molar-refractivity contribution in [1.29, 1.82) is 0 Å². The SMILES string of the molecule is COCCCS(=O)(=O)NCc1cccc(CO)c1. The number of nitrogens with one attached hydrogen (secondary N) is 1. The van der Waals surface area contributed by atoms with Gasteiger partial charge in [-0.25, -0.2) is 13.1 Å². The summed E-state index contributed by atoms with van der Waals surface area (Å²) in [6, 6.07) is 7.17. The standard InChI is InChI=1S/C12H19NO4S/c1-17-6-3-7-18(15,16)13-9-11-4-2-5-12(8-11)10-14/h2,4-5,8,13-14H,3,6-7,9-10H2,1H3. The van der Waals surface area contributed by atoms with Gasteiger partial charge in [-0.15, -0.1) is 0 Å². The van der Waals surface area contributed by atoms with Crippen LogP contribution in [0.15, 0.2) is 24.3 Å². The molecule has 0 atom stereocenters. The number of sulfonamides is 1. The van der Waals surface area contributed by atoms with E-state index in [1.165, 1.54) is 0 Å². The molecule has 0 spiro atoms. The molecule has 5 nitrogen and oxygen atoms in total. The van der Waals surface area contributed by atoms with E-state index in [1.54, 1.807) is 25.3 Å². The Morgan fingerprint density at radius 2 is 2.06 bits per heavy atom. The Bertz CT molecular complexity index is 459. The Morgan fingerprint density at radius 3 is 2.72 bits per heavy atom. The van der Waals surface area contributed by atoms with Crippen molar-refractivity contribution in [1.82, 2.24) is 4.72 Å². The quantitative estimate of drug-likeness (QED) is 0.681. The zero-order chi connectivity index (χ0) is 13.4. The molecule has 1 aromatic rings. The lowest BCUT2D eigenvalue weighted by Crippen LogP contribution is -2.26. The molecule has 0 fully saturated rings. The molecule has 1 aromatic carbocycles. The second-order valence-electron chi connectivity index (χ2n) is 3.96. The second kappa shape index (κ2) is 7.48. The van der Waals surface area contributed by atoms with Crippen LogP contribution < -0.4 is 4.72 Å². The summed E-state index contributed by atoms with van der Waals surface area (Å²) in [4.78, 5) is 0. The molecule has 18 heavy (non-hydrogen) atoms. The maximum Gasteiger partial charge on any atom is 0.211 e. The smallest absolute Gasteiger partial charge is 0.211 e. The van der Waals surface area contributed by atoms with Gasteiger partial charge in [-0.2, -0.15) is 0 Å². The van der Waals surface area contributed by atoms with Crippen molar-refractivity contribution in [3.05, 3.63) is 35.4 Å². The van der Waals surface area contributed by atoms with E-state index in [2.05, 4.69) is 4.72 Å². The van der Waals surface area contributed by atoms with Gasteiger partial charge in [-0.1, -0.05) is 24.3 Å². The molecule has 0 saturated heterocycles. The number of ether oxygens (including phenoxy) is 1. The van der Waals surface area contributed by atoms with Crippen molar-refractivity contribution >= 4 is 10.0 Å². The third-order valence-corrected chi connectivity index (χ3v) is 3.84. The summed E-state index contributed by atoms with van der Waals surface area (Å²) in [6.45, 7) is 0.624. The molecule has 0 saturated carbocycles. The molecular weight excluding hydrogens is 254 g/mol. The van der Waals surface area contributed by atoms with Gasteiger partial charge in [0, 0.05) is 20.3 Å². The summed E-state index contributed by atoms with van der Waals surface area (Å²) in [5.41, 5.74) is 1.60. The molecule has 102 valence electrons. The van der Waals surface area contributed by atoms with Crippen LogP contribution in [0.25, 0.3) is 0 Å². The molecule has 0 aliphatic rings. The molecule has 0 bridgehead atoms. The number of rotatable bonds is 8. The fourth-order valence-electron chi connectivity index (χ4n) is 1.50. The monoisotopic (exact) mass is 273 g/mol. The van der Waals surface area contributed by atoms with Crippen LogP contribution in [0.3, 0.4) is 0 Å². The minimum atomic E-state index is -3.26. The molecule has 6 heteroatoms. The van der Waals surface area contributed by atoms with Gasteiger partial charge in [0.15, 0.2) is 0 Å². The van der Waals surface area contributed by atoms with Gasteiger partial charge in [-0.3, -0.25) is 0 Å². The van der Waals surface area contributed by atoms with E-state index >= 15 is 0 Å². The predicted octanol–water partition coefficient (Wildman–Crippen LogP) is 0.635. The molecular formula is C12H19NO4S. The average Bonchev–Trinajstić information content (AvgIpc) is 2.37. The van der Waals surface area contributed by atoms with Crippen LogP contribution in [-0.2, 0) is 27.9 Å². The van der Waals surface area contributed by atoms with Crippen molar-refractivity contribution in [2.75, 3.05) is 19.5 Å². The van der Waals surface area contributed by atoms with Crippen LogP contribution in [0.5, 0.6) is 0 Å². The molecule has 0 radical (unpaired) electrons. The van der Waals surface area contributed by atoms with Crippen LogP contribution in [0.1, 0.15) is 17.5 Å². The number of aliphatic hydroxyl groups is 1. The Labute approximate surface area is 108 Å². The number of hydrogen-bond donors (Lipinski definition) is 2. The zero-order valence-corrected chi connectivity index (χ0v) is 11.2. The van der Waals surface area contributed by atoms with Gasteiger partial charge < -0.3 is 9.84 Å². The van der Waals surface area contributed by atoms with Crippen molar-refractivity contribution in [3.8, 4) is 0 Å². The van der Waals surface area contributed by atoms with E-state index < -0.39 is 10.0 Å². The van der Waals surface area contributed by atoms with E-state index in [0.717, 1.165) is 11.1 Å². The molecule has 0 aromatic heterocycles. The topological polar surface area (TPSA) is 75.6 Å². The Kier molecular flexibility index (Phi) is 6.28. The lowest BCUT2D eigenvalue weighted by Gasteiger charge is -2.07. The van der Waals surface area contributed by atoms with Crippen LogP contribution in [0.4, 0.5) is 0 Å². The van der Waals surface area contributed by atoms with Crippen molar-refractivity contribution in [2.45, 2.75) is 19.6 Å². The molecule has 0 aliphatic carbocycles.